The predicted molar refractivity (Wildman–Crippen MR) is 160 cm³/mol. The number of carbonyl (C=O) groups is 1. The fourth-order valence-corrected chi connectivity index (χ4v) is 4.41. The zero-order valence-corrected chi connectivity index (χ0v) is 24.2. The van der Waals surface area contributed by atoms with E-state index in [2.05, 4.69) is 35.0 Å². The fraction of sp³-hybridized carbons (Fsp3) is 0.903. The molecule has 0 unspecified atom stereocenters. The van der Waals surface area contributed by atoms with Gasteiger partial charge >= 0.3 is 0 Å². The van der Waals surface area contributed by atoms with E-state index in [1.807, 2.05) is 0 Å². The third-order valence-corrected chi connectivity index (χ3v) is 6.78. The molecule has 5 nitrogen and oxygen atoms in total. The molecule has 0 fully saturated rings. The summed E-state index contributed by atoms with van der Waals surface area (Å²) in [5, 5.41) is 9.88. The average Bonchev–Trinajstić information content (AvgIpc) is 2.88. The maximum Gasteiger partial charge on any atom is 0.219 e. The number of hydrogen-bond donors (Lipinski definition) is 4. The Labute approximate surface area is 225 Å². The van der Waals surface area contributed by atoms with Crippen LogP contribution in [0.2, 0.25) is 0 Å². The van der Waals surface area contributed by atoms with E-state index >= 15 is 0 Å². The molecule has 0 atom stereocenters. The normalized spacial score (nSPS) is 11.5. The molecule has 5 N–H and O–H groups in total. The standard InChI is InChI=1S/C31H64N4O/c1-2-3-4-5-6-7-8-9-10-11-12-13-14-15-16-17-18-19-20-24-31(36)35-30-23-29-34-28-22-27-33-26-21-25-32/h9-10,33-34H,2-8,11-30,32H2,1H3,(H,35,36)/b10-9-. The summed E-state index contributed by atoms with van der Waals surface area (Å²) in [5.74, 6) is 0.222. The minimum Gasteiger partial charge on any atom is -0.356 e. The number of unbranched alkanes of at least 4 members (excludes halogenated alkanes) is 15. The van der Waals surface area contributed by atoms with Crippen LogP contribution in [0, 0.1) is 0 Å². The van der Waals surface area contributed by atoms with Gasteiger partial charge in [-0.3, -0.25) is 4.79 Å². The van der Waals surface area contributed by atoms with E-state index in [1.165, 1.54) is 103 Å². The van der Waals surface area contributed by atoms with E-state index in [0.29, 0.717) is 6.42 Å². The van der Waals surface area contributed by atoms with Crippen LogP contribution in [0.1, 0.15) is 142 Å². The number of rotatable bonds is 30. The Morgan fingerprint density at radius 3 is 1.53 bits per heavy atom. The maximum atomic E-state index is 11.9. The summed E-state index contributed by atoms with van der Waals surface area (Å²) in [7, 11) is 0. The van der Waals surface area contributed by atoms with Gasteiger partial charge in [0.25, 0.3) is 0 Å². The molecule has 0 heterocycles. The van der Waals surface area contributed by atoms with Gasteiger partial charge in [0.2, 0.25) is 5.91 Å². The largest absolute Gasteiger partial charge is 0.356 e. The monoisotopic (exact) mass is 509 g/mol. The topological polar surface area (TPSA) is 79.2 Å². The highest BCUT2D eigenvalue weighted by molar-refractivity contribution is 5.75. The summed E-state index contributed by atoms with van der Waals surface area (Å²) in [6, 6.07) is 0. The lowest BCUT2D eigenvalue weighted by molar-refractivity contribution is -0.121. The minimum absolute atomic E-state index is 0.222. The van der Waals surface area contributed by atoms with Gasteiger partial charge in [0.05, 0.1) is 0 Å². The van der Waals surface area contributed by atoms with Crippen LogP contribution in [0.5, 0.6) is 0 Å². The summed E-state index contributed by atoms with van der Waals surface area (Å²) in [5.41, 5.74) is 5.47. The van der Waals surface area contributed by atoms with Crippen LogP contribution in [0.15, 0.2) is 12.2 Å². The quantitative estimate of drug-likeness (QED) is 0.0621. The molecule has 214 valence electrons. The number of nitrogens with two attached hydrogens (primary N) is 1. The Hall–Kier alpha value is -0.910. The molecule has 0 aliphatic heterocycles. The highest BCUT2D eigenvalue weighted by atomic mass is 16.1. The second-order valence-electron chi connectivity index (χ2n) is 10.4. The van der Waals surface area contributed by atoms with Gasteiger partial charge in [0.1, 0.15) is 0 Å². The zero-order chi connectivity index (χ0) is 26.2. The van der Waals surface area contributed by atoms with Gasteiger partial charge in [0, 0.05) is 13.0 Å². The van der Waals surface area contributed by atoms with Gasteiger partial charge in [-0.2, -0.15) is 0 Å². The Bertz CT molecular complexity index is 456. The molecule has 0 spiro atoms. The summed E-state index contributed by atoms with van der Waals surface area (Å²) in [6.45, 7) is 7.88. The van der Waals surface area contributed by atoms with Crippen molar-refractivity contribution in [2.24, 2.45) is 5.73 Å². The fourth-order valence-electron chi connectivity index (χ4n) is 4.41. The third-order valence-electron chi connectivity index (χ3n) is 6.78. The number of nitrogens with one attached hydrogen (secondary N) is 3. The molecule has 0 aromatic rings. The van der Waals surface area contributed by atoms with Crippen LogP contribution in [0.4, 0.5) is 0 Å². The van der Waals surface area contributed by atoms with Crippen molar-refractivity contribution in [2.45, 2.75) is 142 Å². The van der Waals surface area contributed by atoms with Gasteiger partial charge in [-0.1, -0.05) is 96.1 Å². The van der Waals surface area contributed by atoms with Crippen molar-refractivity contribution in [3.05, 3.63) is 12.2 Å². The second-order valence-corrected chi connectivity index (χ2v) is 10.4. The molecule has 0 radical (unpaired) electrons. The molecule has 0 aromatic heterocycles. The zero-order valence-electron chi connectivity index (χ0n) is 24.2. The first-order valence-corrected chi connectivity index (χ1v) is 15.8. The molecular formula is C31H64N4O. The second kappa shape index (κ2) is 32.1. The molecule has 5 heteroatoms. The van der Waals surface area contributed by atoms with Crippen molar-refractivity contribution < 1.29 is 4.79 Å². The predicted octanol–water partition coefficient (Wildman–Crippen LogP) is 7.01. The van der Waals surface area contributed by atoms with Crippen LogP contribution >= 0.6 is 0 Å². The summed E-state index contributed by atoms with van der Waals surface area (Å²) < 4.78 is 0. The Balaban J connectivity index is 3.18. The van der Waals surface area contributed by atoms with E-state index in [1.54, 1.807) is 0 Å². The van der Waals surface area contributed by atoms with Gasteiger partial charge in [-0.25, -0.2) is 0 Å². The van der Waals surface area contributed by atoms with Gasteiger partial charge in [-0.15, -0.1) is 0 Å². The van der Waals surface area contributed by atoms with E-state index in [0.717, 1.165) is 65.0 Å². The van der Waals surface area contributed by atoms with Gasteiger partial charge < -0.3 is 21.7 Å². The van der Waals surface area contributed by atoms with Crippen molar-refractivity contribution in [1.29, 1.82) is 0 Å². The summed E-state index contributed by atoms with van der Waals surface area (Å²) >= 11 is 0. The number of allylic oxidation sites excluding steroid dienone is 2. The third kappa shape index (κ3) is 31.1. The highest BCUT2D eigenvalue weighted by Crippen LogP contribution is 2.12. The maximum absolute atomic E-state index is 11.9. The Kier molecular flexibility index (Phi) is 31.3. The molecule has 36 heavy (non-hydrogen) atoms. The van der Waals surface area contributed by atoms with E-state index in [9.17, 15) is 4.79 Å². The molecule has 0 aliphatic carbocycles. The smallest absolute Gasteiger partial charge is 0.219 e. The van der Waals surface area contributed by atoms with Crippen LogP contribution in [0.3, 0.4) is 0 Å². The molecule has 0 bridgehead atoms. The van der Waals surface area contributed by atoms with Crippen molar-refractivity contribution in [3.8, 4) is 0 Å². The van der Waals surface area contributed by atoms with Crippen molar-refractivity contribution >= 4 is 5.91 Å². The highest BCUT2D eigenvalue weighted by Gasteiger charge is 2.00. The lowest BCUT2D eigenvalue weighted by Crippen LogP contribution is -2.28. The first kappa shape index (κ1) is 35.1. The molecule has 0 aliphatic rings. The first-order chi connectivity index (χ1) is 17.8. The molecule has 0 saturated heterocycles. The van der Waals surface area contributed by atoms with Crippen LogP contribution in [0.25, 0.3) is 0 Å². The van der Waals surface area contributed by atoms with Crippen LogP contribution in [-0.2, 0) is 4.79 Å². The lowest BCUT2D eigenvalue weighted by Gasteiger charge is -2.07. The molecule has 0 aromatic carbocycles. The van der Waals surface area contributed by atoms with E-state index in [-0.39, 0.29) is 5.91 Å². The first-order valence-electron chi connectivity index (χ1n) is 15.8. The SMILES string of the molecule is CCCCCCCC/C=C\CCCCCCCCCCCC(=O)NCCCNCCCNCCCN. The van der Waals surface area contributed by atoms with E-state index < -0.39 is 0 Å². The Morgan fingerprint density at radius 1 is 0.556 bits per heavy atom. The molecule has 1 amide bonds. The van der Waals surface area contributed by atoms with Gasteiger partial charge in [-0.05, 0) is 84.1 Å². The lowest BCUT2D eigenvalue weighted by atomic mass is 10.1. The van der Waals surface area contributed by atoms with Crippen molar-refractivity contribution in [3.63, 3.8) is 0 Å². The molecule has 0 saturated carbocycles. The average molecular weight is 509 g/mol. The van der Waals surface area contributed by atoms with Crippen LogP contribution < -0.4 is 21.7 Å². The molecular weight excluding hydrogens is 444 g/mol. The summed E-state index contributed by atoms with van der Waals surface area (Å²) in [6.07, 6.45) is 31.3. The van der Waals surface area contributed by atoms with Crippen molar-refractivity contribution in [2.75, 3.05) is 39.3 Å². The van der Waals surface area contributed by atoms with E-state index in [4.69, 9.17) is 5.73 Å². The number of amides is 1. The number of hydrogen-bond acceptors (Lipinski definition) is 4. The minimum atomic E-state index is 0.222. The van der Waals surface area contributed by atoms with Gasteiger partial charge in [0.15, 0.2) is 0 Å². The summed E-state index contributed by atoms with van der Waals surface area (Å²) in [4.78, 5) is 11.9. The Morgan fingerprint density at radius 2 is 1.00 bits per heavy atom. The van der Waals surface area contributed by atoms with Crippen molar-refractivity contribution in [1.82, 2.24) is 16.0 Å². The number of carbonyl (C=O) groups excluding carboxylic acids is 1. The molecule has 0 rings (SSSR count). The van der Waals surface area contributed by atoms with Crippen LogP contribution in [-0.4, -0.2) is 45.2 Å².